The maximum atomic E-state index is 13.4. The highest BCUT2D eigenvalue weighted by molar-refractivity contribution is 5.80. The molecule has 4 nitrogen and oxygen atoms in total. The Hall–Kier alpha value is -1.60. The van der Waals surface area contributed by atoms with Crippen molar-refractivity contribution in [2.75, 3.05) is 26.7 Å². The summed E-state index contributed by atoms with van der Waals surface area (Å²) in [7, 11) is 1.99. The van der Waals surface area contributed by atoms with E-state index < -0.39 is 23.9 Å². The van der Waals surface area contributed by atoms with Gasteiger partial charge in [-0.3, -0.25) is 4.79 Å². The molecule has 2 atom stereocenters. The summed E-state index contributed by atoms with van der Waals surface area (Å²) in [4.78, 5) is 16.5. The highest BCUT2D eigenvalue weighted by Crippen LogP contribution is 2.41. The van der Waals surface area contributed by atoms with E-state index in [0.717, 1.165) is 19.2 Å². The number of nitrogens with zero attached hydrogens (tertiary/aromatic N) is 2. The Morgan fingerprint density at radius 1 is 1.20 bits per heavy atom. The summed E-state index contributed by atoms with van der Waals surface area (Å²) in [5, 5.41) is 10.0. The van der Waals surface area contributed by atoms with E-state index in [1.54, 1.807) is 6.07 Å². The van der Waals surface area contributed by atoms with Gasteiger partial charge in [0.05, 0.1) is 17.7 Å². The molecular formula is C18H23F3N2O2. The van der Waals surface area contributed by atoms with Gasteiger partial charge in [-0.15, -0.1) is 0 Å². The first-order valence-corrected chi connectivity index (χ1v) is 8.60. The minimum absolute atomic E-state index is 0.0767. The molecular weight excluding hydrogens is 333 g/mol. The van der Waals surface area contributed by atoms with E-state index in [2.05, 4.69) is 4.90 Å². The molecule has 0 spiro atoms. The van der Waals surface area contributed by atoms with Gasteiger partial charge in [0.15, 0.2) is 0 Å². The van der Waals surface area contributed by atoms with E-state index in [1.165, 1.54) is 17.0 Å². The van der Waals surface area contributed by atoms with Gasteiger partial charge in [0.2, 0.25) is 5.91 Å². The third-order valence-electron chi connectivity index (χ3n) is 5.26. The zero-order valence-electron chi connectivity index (χ0n) is 14.2. The van der Waals surface area contributed by atoms with Crippen LogP contribution in [-0.2, 0) is 11.0 Å². The van der Waals surface area contributed by atoms with Crippen molar-refractivity contribution < 1.29 is 23.1 Å². The van der Waals surface area contributed by atoms with Crippen molar-refractivity contribution >= 4 is 5.91 Å². The number of hydrogen-bond donors (Lipinski definition) is 1. The molecule has 0 saturated carbocycles. The molecule has 1 aromatic rings. The highest BCUT2D eigenvalue weighted by Gasteiger charge is 2.42. The maximum absolute atomic E-state index is 13.4. The fourth-order valence-electron chi connectivity index (χ4n) is 3.89. The van der Waals surface area contributed by atoms with Crippen molar-refractivity contribution in [2.45, 2.75) is 37.6 Å². The van der Waals surface area contributed by atoms with Crippen LogP contribution in [0.4, 0.5) is 13.2 Å². The van der Waals surface area contributed by atoms with E-state index in [9.17, 15) is 23.1 Å². The average molecular weight is 356 g/mol. The Kier molecular flexibility index (Phi) is 5.06. The van der Waals surface area contributed by atoms with Gasteiger partial charge in [0, 0.05) is 12.5 Å². The molecule has 2 fully saturated rings. The first kappa shape index (κ1) is 18.2. The van der Waals surface area contributed by atoms with Crippen LogP contribution in [0.3, 0.4) is 0 Å². The van der Waals surface area contributed by atoms with Gasteiger partial charge in [-0.05, 0) is 51.0 Å². The zero-order chi connectivity index (χ0) is 18.2. The van der Waals surface area contributed by atoms with Crippen LogP contribution >= 0.6 is 0 Å². The molecule has 2 aliphatic rings. The molecule has 2 aliphatic heterocycles. The second-order valence-corrected chi connectivity index (χ2v) is 7.06. The summed E-state index contributed by atoms with van der Waals surface area (Å²) in [6, 6.07) is 4.63. The fraction of sp³-hybridized carbons (Fsp3) is 0.611. The number of benzene rings is 1. The van der Waals surface area contributed by atoms with Gasteiger partial charge < -0.3 is 14.9 Å². The predicted octanol–water partition coefficient (Wildman–Crippen LogP) is 2.68. The number of carbonyl (C=O) groups is 1. The molecule has 2 unspecified atom stereocenters. The first-order valence-electron chi connectivity index (χ1n) is 8.60. The van der Waals surface area contributed by atoms with E-state index >= 15 is 0 Å². The highest BCUT2D eigenvalue weighted by atomic mass is 19.4. The molecule has 0 bridgehead atoms. The molecule has 1 amide bonds. The van der Waals surface area contributed by atoms with Crippen LogP contribution in [0.15, 0.2) is 24.3 Å². The van der Waals surface area contributed by atoms with Crippen molar-refractivity contribution in [3.05, 3.63) is 35.4 Å². The number of amides is 1. The Bertz CT molecular complexity index is 627. The molecule has 1 N–H and O–H groups in total. The summed E-state index contributed by atoms with van der Waals surface area (Å²) < 4.78 is 40.1. The quantitative estimate of drug-likeness (QED) is 0.886. The lowest BCUT2D eigenvalue weighted by atomic mass is 9.93. The van der Waals surface area contributed by atoms with Crippen molar-refractivity contribution in [1.29, 1.82) is 0 Å². The van der Waals surface area contributed by atoms with Crippen LogP contribution in [0, 0.1) is 5.92 Å². The Morgan fingerprint density at radius 2 is 1.84 bits per heavy atom. The number of aliphatic hydroxyl groups excluding tert-OH is 1. The number of alkyl halides is 3. The summed E-state index contributed by atoms with van der Waals surface area (Å²) in [5.74, 6) is -0.311. The van der Waals surface area contributed by atoms with Crippen molar-refractivity contribution in [3.63, 3.8) is 0 Å². The number of hydrogen-bond acceptors (Lipinski definition) is 3. The molecule has 1 aromatic carbocycles. The topological polar surface area (TPSA) is 43.8 Å². The largest absolute Gasteiger partial charge is 0.416 e. The number of halogens is 3. The van der Waals surface area contributed by atoms with Crippen molar-refractivity contribution in [3.8, 4) is 0 Å². The number of piperidine rings is 1. The SMILES string of the molecule is CN1CCC(C(=O)N2CC(O)CC2c2ccccc2C(F)(F)F)CC1. The Morgan fingerprint density at radius 3 is 2.48 bits per heavy atom. The second kappa shape index (κ2) is 6.96. The maximum Gasteiger partial charge on any atom is 0.416 e. The standard InChI is InChI=1S/C18H23F3N2O2/c1-22-8-6-12(7-9-22)17(25)23-11-13(24)10-16(23)14-4-2-3-5-15(14)18(19,20)21/h2-5,12-13,16,24H,6-11H2,1H3. The molecule has 0 aliphatic carbocycles. The van der Waals surface area contributed by atoms with E-state index in [0.29, 0.717) is 12.8 Å². The van der Waals surface area contributed by atoms with Crippen LogP contribution in [0.25, 0.3) is 0 Å². The summed E-state index contributed by atoms with van der Waals surface area (Å²) in [6.45, 7) is 1.70. The van der Waals surface area contributed by atoms with E-state index in [-0.39, 0.29) is 30.4 Å². The third kappa shape index (κ3) is 3.82. The number of likely N-dealkylation sites (tertiary alicyclic amines) is 2. The molecule has 2 saturated heterocycles. The van der Waals surface area contributed by atoms with E-state index in [4.69, 9.17) is 0 Å². The van der Waals surface area contributed by atoms with Crippen LogP contribution in [-0.4, -0.2) is 53.6 Å². The monoisotopic (exact) mass is 356 g/mol. The van der Waals surface area contributed by atoms with Gasteiger partial charge >= 0.3 is 6.18 Å². The molecule has 2 heterocycles. The number of β-amino-alcohol motifs (C(OH)–C–C–N with tert-alkyl or cyclic N) is 1. The summed E-state index contributed by atoms with van der Waals surface area (Å²) in [5.41, 5.74) is -0.650. The number of rotatable bonds is 2. The van der Waals surface area contributed by atoms with Gasteiger partial charge in [-0.25, -0.2) is 0 Å². The lowest BCUT2D eigenvalue weighted by Gasteiger charge is -2.34. The molecule has 138 valence electrons. The van der Waals surface area contributed by atoms with E-state index in [1.807, 2.05) is 7.05 Å². The van der Waals surface area contributed by atoms with Crippen molar-refractivity contribution in [2.24, 2.45) is 5.92 Å². The van der Waals surface area contributed by atoms with Crippen LogP contribution in [0.5, 0.6) is 0 Å². The summed E-state index contributed by atoms with van der Waals surface area (Å²) >= 11 is 0. The first-order chi connectivity index (χ1) is 11.8. The lowest BCUT2D eigenvalue weighted by molar-refractivity contribution is -0.142. The van der Waals surface area contributed by atoms with Crippen LogP contribution in [0.1, 0.15) is 36.4 Å². The van der Waals surface area contributed by atoms with Gasteiger partial charge in [0.25, 0.3) is 0 Å². The fourth-order valence-corrected chi connectivity index (χ4v) is 3.89. The minimum Gasteiger partial charge on any atom is -0.391 e. The van der Waals surface area contributed by atoms with Crippen LogP contribution < -0.4 is 0 Å². The Labute approximate surface area is 145 Å². The third-order valence-corrected chi connectivity index (χ3v) is 5.26. The smallest absolute Gasteiger partial charge is 0.391 e. The van der Waals surface area contributed by atoms with Crippen LogP contribution in [0.2, 0.25) is 0 Å². The molecule has 25 heavy (non-hydrogen) atoms. The predicted molar refractivity (Wildman–Crippen MR) is 86.7 cm³/mol. The second-order valence-electron chi connectivity index (χ2n) is 7.06. The molecule has 0 aromatic heterocycles. The Balaban J connectivity index is 1.87. The molecule has 3 rings (SSSR count). The molecule has 7 heteroatoms. The van der Waals surface area contributed by atoms with Gasteiger partial charge in [-0.2, -0.15) is 13.2 Å². The normalized spacial score (nSPS) is 26.2. The number of carbonyl (C=O) groups excluding carboxylic acids is 1. The summed E-state index contributed by atoms with van der Waals surface area (Å²) in [6.07, 6.45) is -3.72. The average Bonchev–Trinajstić information content (AvgIpc) is 2.96. The van der Waals surface area contributed by atoms with Crippen molar-refractivity contribution in [1.82, 2.24) is 9.80 Å². The molecule has 0 radical (unpaired) electrons. The minimum atomic E-state index is -4.48. The van der Waals surface area contributed by atoms with Gasteiger partial charge in [0.1, 0.15) is 0 Å². The zero-order valence-corrected chi connectivity index (χ0v) is 14.2. The number of aliphatic hydroxyl groups is 1. The lowest BCUT2D eigenvalue weighted by Crippen LogP contribution is -2.42. The van der Waals surface area contributed by atoms with Gasteiger partial charge in [-0.1, -0.05) is 18.2 Å².